The lowest BCUT2D eigenvalue weighted by molar-refractivity contribution is -0.425. The minimum absolute atomic E-state index is 0.0633. The molecule has 1 aliphatic rings. The molecular formula is C20H13N2O4+. The van der Waals surface area contributed by atoms with Crippen LogP contribution in [0.15, 0.2) is 71.9 Å². The highest BCUT2D eigenvalue weighted by Gasteiger charge is 2.27. The van der Waals surface area contributed by atoms with Crippen molar-refractivity contribution in [2.75, 3.05) is 6.61 Å². The maximum Gasteiger partial charge on any atom is 0.443 e. The summed E-state index contributed by atoms with van der Waals surface area (Å²) in [5.41, 5.74) is 1.36. The van der Waals surface area contributed by atoms with Crippen molar-refractivity contribution in [2.24, 2.45) is 5.11 Å². The van der Waals surface area contributed by atoms with E-state index in [-0.39, 0.29) is 12.2 Å². The molecule has 0 aliphatic carbocycles. The van der Waals surface area contributed by atoms with Crippen molar-refractivity contribution < 1.29 is 23.8 Å². The third-order valence-electron chi connectivity index (χ3n) is 3.38. The van der Waals surface area contributed by atoms with Crippen LogP contribution >= 0.6 is 0 Å². The number of nitrogens with zero attached hydrogens (tertiary/aromatic N) is 2. The van der Waals surface area contributed by atoms with Crippen LogP contribution in [0, 0.1) is 11.8 Å². The fourth-order valence-corrected chi connectivity index (χ4v) is 2.19. The number of benzene rings is 2. The molecule has 126 valence electrons. The van der Waals surface area contributed by atoms with Gasteiger partial charge >= 0.3 is 17.8 Å². The Balaban J connectivity index is 1.68. The van der Waals surface area contributed by atoms with Gasteiger partial charge in [-0.15, -0.1) is 0 Å². The molecule has 6 heteroatoms. The Bertz CT molecular complexity index is 995. The van der Waals surface area contributed by atoms with E-state index in [2.05, 4.69) is 17.0 Å². The third-order valence-corrected chi connectivity index (χ3v) is 3.38. The summed E-state index contributed by atoms with van der Waals surface area (Å²) in [6.45, 7) is -0.0633. The molecule has 26 heavy (non-hydrogen) atoms. The maximum absolute atomic E-state index is 12.1. The average Bonchev–Trinajstić information content (AvgIpc) is 2.68. The van der Waals surface area contributed by atoms with Crippen LogP contribution in [0.1, 0.15) is 15.9 Å². The Morgan fingerprint density at radius 3 is 2.65 bits per heavy atom. The first-order valence-electron chi connectivity index (χ1n) is 7.72. The first-order chi connectivity index (χ1) is 12.6. The standard InChI is InChI=1S/C20H13N2O4/c23-18-11-12-19(24)22(21-18)17-10-4-9-16(14-17)20(25)26-13-5-8-15-6-2-1-3-7-15/h1-4,6-7,9-12,14H,13H2/q+1. The Morgan fingerprint density at radius 1 is 1.04 bits per heavy atom. The van der Waals surface area contributed by atoms with E-state index in [1.165, 1.54) is 6.07 Å². The zero-order valence-electron chi connectivity index (χ0n) is 13.6. The quantitative estimate of drug-likeness (QED) is 0.487. The van der Waals surface area contributed by atoms with Crippen molar-refractivity contribution in [3.05, 3.63) is 77.9 Å². The van der Waals surface area contributed by atoms with E-state index in [0.717, 1.165) is 22.4 Å². The van der Waals surface area contributed by atoms with Gasteiger partial charge in [0.15, 0.2) is 6.61 Å². The molecule has 1 heterocycles. The van der Waals surface area contributed by atoms with Crippen LogP contribution in [0.3, 0.4) is 0 Å². The topological polar surface area (TPSA) is 75.8 Å². The number of rotatable bonds is 3. The summed E-state index contributed by atoms with van der Waals surface area (Å²) in [6, 6.07) is 15.5. The van der Waals surface area contributed by atoms with E-state index in [0.29, 0.717) is 5.69 Å². The van der Waals surface area contributed by atoms with Crippen molar-refractivity contribution in [2.45, 2.75) is 0 Å². The summed E-state index contributed by atoms with van der Waals surface area (Å²) in [4.78, 5) is 35.3. The van der Waals surface area contributed by atoms with E-state index in [4.69, 9.17) is 4.74 Å². The molecule has 6 nitrogen and oxygen atoms in total. The summed E-state index contributed by atoms with van der Waals surface area (Å²) in [5, 5.41) is 3.63. The second-order valence-electron chi connectivity index (χ2n) is 5.22. The number of carbonyl (C=O) groups excluding carboxylic acids is 3. The zero-order valence-corrected chi connectivity index (χ0v) is 13.6. The Labute approximate surface area is 149 Å². The van der Waals surface area contributed by atoms with E-state index in [1.54, 1.807) is 18.2 Å². The summed E-state index contributed by atoms with van der Waals surface area (Å²) >= 11 is 0. The second-order valence-corrected chi connectivity index (χ2v) is 5.22. The van der Waals surface area contributed by atoms with Gasteiger partial charge < -0.3 is 4.74 Å². The fraction of sp³-hybridized carbons (Fsp3) is 0.0500. The minimum atomic E-state index is -0.583. The number of amides is 2. The predicted octanol–water partition coefficient (Wildman–Crippen LogP) is 2.61. The normalized spacial score (nSPS) is 12.8. The van der Waals surface area contributed by atoms with Gasteiger partial charge in [-0.25, -0.2) is 9.59 Å². The number of azo groups is 2. The van der Waals surface area contributed by atoms with Crippen LogP contribution in [-0.2, 0) is 14.3 Å². The molecule has 0 N–H and O–H groups in total. The van der Waals surface area contributed by atoms with Crippen LogP contribution in [0.25, 0.3) is 0 Å². The van der Waals surface area contributed by atoms with Gasteiger partial charge in [0, 0.05) is 23.8 Å². The molecule has 0 fully saturated rings. The van der Waals surface area contributed by atoms with E-state index >= 15 is 0 Å². The smallest absolute Gasteiger partial charge is 0.443 e. The molecular weight excluding hydrogens is 332 g/mol. The fourth-order valence-electron chi connectivity index (χ4n) is 2.19. The van der Waals surface area contributed by atoms with E-state index in [1.807, 2.05) is 30.3 Å². The van der Waals surface area contributed by atoms with Crippen LogP contribution in [0.2, 0.25) is 0 Å². The summed E-state index contributed by atoms with van der Waals surface area (Å²) in [5.74, 6) is 4.05. The maximum atomic E-state index is 12.1. The van der Waals surface area contributed by atoms with Crippen molar-refractivity contribution in [1.29, 1.82) is 0 Å². The van der Waals surface area contributed by atoms with Gasteiger partial charge in [-0.05, 0) is 22.9 Å². The molecule has 0 unspecified atom stereocenters. The SMILES string of the molecule is O=C1C=CC(=O)[N+](c2cccc(C(=O)OCC#Cc3ccccc3)c2)=N1. The highest BCUT2D eigenvalue weighted by Crippen LogP contribution is 2.17. The van der Waals surface area contributed by atoms with E-state index < -0.39 is 17.8 Å². The molecule has 0 bridgehead atoms. The van der Waals surface area contributed by atoms with Crippen LogP contribution < -0.4 is 0 Å². The van der Waals surface area contributed by atoms with Gasteiger partial charge in [0.05, 0.1) is 16.8 Å². The summed E-state index contributed by atoms with van der Waals surface area (Å²) in [6.07, 6.45) is 2.21. The monoisotopic (exact) mass is 345 g/mol. The second kappa shape index (κ2) is 7.81. The number of esters is 1. The number of hydrogen-bond acceptors (Lipinski definition) is 4. The third kappa shape index (κ3) is 4.16. The summed E-state index contributed by atoms with van der Waals surface area (Å²) in [7, 11) is 0. The van der Waals surface area contributed by atoms with Crippen LogP contribution in [-0.4, -0.2) is 29.1 Å². The molecule has 0 spiro atoms. The Morgan fingerprint density at radius 2 is 1.85 bits per heavy atom. The first kappa shape index (κ1) is 17.0. The Hall–Kier alpha value is -3.85. The molecule has 3 rings (SSSR count). The van der Waals surface area contributed by atoms with Gasteiger partial charge in [0.2, 0.25) is 5.69 Å². The van der Waals surface area contributed by atoms with Crippen molar-refractivity contribution in [1.82, 2.24) is 0 Å². The highest BCUT2D eigenvalue weighted by molar-refractivity contribution is 5.97. The van der Waals surface area contributed by atoms with Crippen molar-refractivity contribution in [3.63, 3.8) is 0 Å². The average molecular weight is 345 g/mol. The van der Waals surface area contributed by atoms with Gasteiger partial charge in [-0.2, -0.15) is 0 Å². The van der Waals surface area contributed by atoms with Crippen LogP contribution in [0.4, 0.5) is 5.69 Å². The van der Waals surface area contributed by atoms with E-state index in [9.17, 15) is 14.4 Å². The van der Waals surface area contributed by atoms with Gasteiger partial charge in [-0.3, -0.25) is 4.79 Å². The van der Waals surface area contributed by atoms with Gasteiger partial charge in [0.25, 0.3) is 0 Å². The highest BCUT2D eigenvalue weighted by atomic mass is 16.5. The molecule has 2 aromatic carbocycles. The van der Waals surface area contributed by atoms with Gasteiger partial charge in [-0.1, -0.05) is 36.1 Å². The molecule has 0 saturated carbocycles. The molecule has 0 aromatic heterocycles. The zero-order chi connectivity index (χ0) is 18.4. The molecule has 2 aromatic rings. The number of ether oxygens (including phenoxy) is 1. The molecule has 0 radical (unpaired) electrons. The predicted molar refractivity (Wildman–Crippen MR) is 91.5 cm³/mol. The lowest BCUT2D eigenvalue weighted by Crippen LogP contribution is -2.18. The van der Waals surface area contributed by atoms with Crippen LogP contribution in [0.5, 0.6) is 0 Å². The largest absolute Gasteiger partial charge is 0.449 e. The molecule has 0 atom stereocenters. The lowest BCUT2D eigenvalue weighted by atomic mass is 10.2. The minimum Gasteiger partial charge on any atom is -0.449 e. The lowest BCUT2D eigenvalue weighted by Gasteiger charge is -2.02. The summed E-state index contributed by atoms with van der Waals surface area (Å²) < 4.78 is 6.05. The Kier molecular flexibility index (Phi) is 5.11. The van der Waals surface area contributed by atoms with Crippen molar-refractivity contribution >= 4 is 23.5 Å². The first-order valence-corrected chi connectivity index (χ1v) is 7.72. The molecule has 1 aliphatic heterocycles. The van der Waals surface area contributed by atoms with Crippen molar-refractivity contribution in [3.8, 4) is 11.8 Å². The van der Waals surface area contributed by atoms with Gasteiger partial charge in [0.1, 0.15) is 0 Å². The number of hydrogen-bond donors (Lipinski definition) is 0. The molecule has 2 amide bonds. The number of carbonyl (C=O) groups is 3. The molecule has 0 saturated heterocycles.